The number of hydrogen-bond donors (Lipinski definition) is 1. The number of amides is 1. The Balaban J connectivity index is 1.52. The molecule has 0 aromatic heterocycles. The summed E-state index contributed by atoms with van der Waals surface area (Å²) in [5, 5.41) is 5.82. The molecule has 1 aliphatic heterocycles. The first kappa shape index (κ1) is 21.4. The minimum atomic E-state index is -4.85. The predicted octanol–water partition coefficient (Wildman–Crippen LogP) is 5.29. The van der Waals surface area contributed by atoms with E-state index < -0.39 is 12.1 Å². The maximum absolute atomic E-state index is 13.0. The summed E-state index contributed by atoms with van der Waals surface area (Å²) in [6, 6.07) is 23.8. The number of rotatable bonds is 5. The molecule has 162 valence electrons. The van der Waals surface area contributed by atoms with Crippen molar-refractivity contribution < 1.29 is 18.0 Å². The largest absolute Gasteiger partial charge is 0.471 e. The van der Waals surface area contributed by atoms with E-state index in [4.69, 9.17) is 0 Å². The molecular formula is C25H25F3N2O. The van der Waals surface area contributed by atoms with Gasteiger partial charge in [-0.2, -0.15) is 13.2 Å². The number of benzene rings is 3. The highest BCUT2D eigenvalue weighted by molar-refractivity contribution is 5.86. The lowest BCUT2D eigenvalue weighted by molar-refractivity contribution is -0.184. The number of fused-ring (bicyclic) bond motifs is 1. The van der Waals surface area contributed by atoms with Crippen LogP contribution in [-0.2, 0) is 4.79 Å². The van der Waals surface area contributed by atoms with Crippen molar-refractivity contribution in [3.8, 4) is 0 Å². The third kappa shape index (κ3) is 4.59. The first-order valence-electron chi connectivity index (χ1n) is 10.5. The molecule has 0 aliphatic carbocycles. The van der Waals surface area contributed by atoms with E-state index in [1.807, 2.05) is 48.5 Å². The molecule has 1 fully saturated rings. The van der Waals surface area contributed by atoms with Crippen molar-refractivity contribution in [2.75, 3.05) is 19.6 Å². The summed E-state index contributed by atoms with van der Waals surface area (Å²) < 4.78 is 39.1. The SMILES string of the molecule is C[C@@H](NC[C@H]1CN(C(=O)C(F)(F)F)C[C@H]1c1ccccc1)c1cccc2ccccc12. The second-order valence-electron chi connectivity index (χ2n) is 8.18. The Bertz CT molecular complexity index is 1050. The normalized spacial score (nSPS) is 20.2. The maximum atomic E-state index is 13.0. The van der Waals surface area contributed by atoms with Crippen LogP contribution >= 0.6 is 0 Å². The van der Waals surface area contributed by atoms with Gasteiger partial charge in [-0.25, -0.2) is 0 Å². The fourth-order valence-corrected chi connectivity index (χ4v) is 4.57. The van der Waals surface area contributed by atoms with Gasteiger partial charge in [-0.15, -0.1) is 0 Å². The Hall–Kier alpha value is -2.86. The molecule has 0 unspecified atom stereocenters. The van der Waals surface area contributed by atoms with Crippen LogP contribution in [0.2, 0.25) is 0 Å². The average Bonchev–Trinajstić information content (AvgIpc) is 3.20. The lowest BCUT2D eigenvalue weighted by Crippen LogP contribution is -2.40. The lowest BCUT2D eigenvalue weighted by Gasteiger charge is -2.23. The fourth-order valence-electron chi connectivity index (χ4n) is 4.57. The zero-order valence-corrected chi connectivity index (χ0v) is 17.3. The molecule has 1 amide bonds. The lowest BCUT2D eigenvalue weighted by atomic mass is 9.88. The van der Waals surface area contributed by atoms with Gasteiger partial charge >= 0.3 is 12.1 Å². The first-order valence-corrected chi connectivity index (χ1v) is 10.5. The number of nitrogens with one attached hydrogen (secondary N) is 1. The molecule has 6 heteroatoms. The Labute approximate surface area is 179 Å². The minimum Gasteiger partial charge on any atom is -0.334 e. The molecule has 0 saturated carbocycles. The molecule has 1 N–H and O–H groups in total. The molecule has 31 heavy (non-hydrogen) atoms. The van der Waals surface area contributed by atoms with Gasteiger partial charge in [-0.1, -0.05) is 72.8 Å². The van der Waals surface area contributed by atoms with Gasteiger partial charge in [0.1, 0.15) is 0 Å². The Kier molecular flexibility index (Phi) is 6.01. The van der Waals surface area contributed by atoms with Crippen LogP contribution in [0.3, 0.4) is 0 Å². The van der Waals surface area contributed by atoms with Crippen molar-refractivity contribution in [1.82, 2.24) is 10.2 Å². The molecule has 1 aliphatic rings. The third-order valence-electron chi connectivity index (χ3n) is 6.17. The molecule has 3 aromatic carbocycles. The van der Waals surface area contributed by atoms with Crippen LogP contribution in [0.5, 0.6) is 0 Å². The Morgan fingerprint density at radius 1 is 1.00 bits per heavy atom. The monoisotopic (exact) mass is 426 g/mol. The molecule has 1 saturated heterocycles. The zero-order chi connectivity index (χ0) is 22.0. The summed E-state index contributed by atoms with van der Waals surface area (Å²) in [5.74, 6) is -2.00. The van der Waals surface area contributed by atoms with Crippen molar-refractivity contribution in [1.29, 1.82) is 0 Å². The second-order valence-corrected chi connectivity index (χ2v) is 8.18. The second kappa shape index (κ2) is 8.71. The summed E-state index contributed by atoms with van der Waals surface area (Å²) in [6.45, 7) is 2.75. The van der Waals surface area contributed by atoms with Crippen molar-refractivity contribution in [3.05, 3.63) is 83.9 Å². The van der Waals surface area contributed by atoms with E-state index in [1.54, 1.807) is 0 Å². The summed E-state index contributed by atoms with van der Waals surface area (Å²) >= 11 is 0. The van der Waals surface area contributed by atoms with Crippen molar-refractivity contribution in [2.45, 2.75) is 25.1 Å². The molecule has 0 bridgehead atoms. The van der Waals surface area contributed by atoms with E-state index in [2.05, 4.69) is 36.5 Å². The van der Waals surface area contributed by atoms with Crippen molar-refractivity contribution in [2.24, 2.45) is 5.92 Å². The number of alkyl halides is 3. The van der Waals surface area contributed by atoms with Gasteiger partial charge < -0.3 is 10.2 Å². The van der Waals surface area contributed by atoms with Gasteiger partial charge in [0, 0.05) is 31.6 Å². The molecule has 4 rings (SSSR count). The molecule has 0 radical (unpaired) electrons. The fraction of sp³-hybridized carbons (Fsp3) is 0.320. The van der Waals surface area contributed by atoms with Gasteiger partial charge in [-0.3, -0.25) is 4.79 Å². The zero-order valence-electron chi connectivity index (χ0n) is 17.3. The Morgan fingerprint density at radius 3 is 2.42 bits per heavy atom. The quantitative estimate of drug-likeness (QED) is 0.601. The molecule has 3 aromatic rings. The number of carbonyl (C=O) groups is 1. The van der Waals surface area contributed by atoms with E-state index in [9.17, 15) is 18.0 Å². The topological polar surface area (TPSA) is 32.3 Å². The van der Waals surface area contributed by atoms with Gasteiger partial charge in [0.2, 0.25) is 0 Å². The van der Waals surface area contributed by atoms with E-state index in [0.717, 1.165) is 26.8 Å². The Morgan fingerprint density at radius 2 is 1.68 bits per heavy atom. The number of hydrogen-bond acceptors (Lipinski definition) is 2. The van der Waals surface area contributed by atoms with Gasteiger partial charge in [-0.05, 0) is 34.7 Å². The van der Waals surface area contributed by atoms with Crippen LogP contribution < -0.4 is 5.32 Å². The van der Waals surface area contributed by atoms with Crippen molar-refractivity contribution >= 4 is 16.7 Å². The molecular weight excluding hydrogens is 401 g/mol. The van der Waals surface area contributed by atoms with Gasteiger partial charge in [0.15, 0.2) is 0 Å². The summed E-state index contributed by atoms with van der Waals surface area (Å²) in [5.41, 5.74) is 2.11. The van der Waals surface area contributed by atoms with E-state index in [-0.39, 0.29) is 31.0 Å². The van der Waals surface area contributed by atoms with Crippen molar-refractivity contribution in [3.63, 3.8) is 0 Å². The highest BCUT2D eigenvalue weighted by Crippen LogP contribution is 2.35. The van der Waals surface area contributed by atoms with Crippen LogP contribution in [-0.4, -0.2) is 36.6 Å². The van der Waals surface area contributed by atoms with E-state index >= 15 is 0 Å². The van der Waals surface area contributed by atoms with E-state index in [1.165, 1.54) is 0 Å². The summed E-state index contributed by atoms with van der Waals surface area (Å²) in [6.07, 6.45) is -4.85. The van der Waals surface area contributed by atoms with Crippen LogP contribution in [0.4, 0.5) is 13.2 Å². The molecule has 0 spiro atoms. The predicted molar refractivity (Wildman–Crippen MR) is 116 cm³/mol. The van der Waals surface area contributed by atoms with E-state index in [0.29, 0.717) is 6.54 Å². The van der Waals surface area contributed by atoms with Crippen LogP contribution in [0.1, 0.15) is 30.0 Å². The minimum absolute atomic E-state index is 0.0230. The number of carbonyl (C=O) groups excluding carboxylic acids is 1. The third-order valence-corrected chi connectivity index (χ3v) is 6.17. The number of halogens is 3. The first-order chi connectivity index (χ1) is 14.8. The van der Waals surface area contributed by atoms with Gasteiger partial charge in [0.05, 0.1) is 0 Å². The van der Waals surface area contributed by atoms with Crippen LogP contribution in [0.15, 0.2) is 72.8 Å². The molecule has 3 atom stereocenters. The number of nitrogens with zero attached hydrogens (tertiary/aromatic N) is 1. The maximum Gasteiger partial charge on any atom is 0.471 e. The smallest absolute Gasteiger partial charge is 0.334 e. The van der Waals surface area contributed by atoms with Crippen LogP contribution in [0.25, 0.3) is 10.8 Å². The highest BCUT2D eigenvalue weighted by atomic mass is 19.4. The molecule has 1 heterocycles. The summed E-state index contributed by atoms with van der Waals surface area (Å²) in [4.78, 5) is 12.8. The molecule has 3 nitrogen and oxygen atoms in total. The standard InChI is InChI=1S/C25H25F3N2O/c1-17(21-13-7-11-18-10-5-6-12-22(18)21)29-14-20-15-30(24(31)25(26,27)28)16-23(20)19-8-3-2-4-9-19/h2-13,17,20,23,29H,14-16H2,1H3/t17-,20+,23+/m1/s1. The highest BCUT2D eigenvalue weighted by Gasteiger charge is 2.47. The van der Waals surface area contributed by atoms with Crippen LogP contribution in [0, 0.1) is 5.92 Å². The average molecular weight is 426 g/mol. The van der Waals surface area contributed by atoms with Gasteiger partial charge in [0.25, 0.3) is 0 Å². The summed E-state index contributed by atoms with van der Waals surface area (Å²) in [7, 11) is 0. The number of likely N-dealkylation sites (tertiary alicyclic amines) is 1.